The van der Waals surface area contributed by atoms with Crippen LogP contribution in [-0.4, -0.2) is 58.4 Å². The van der Waals surface area contributed by atoms with Gasteiger partial charge in [-0.3, -0.25) is 4.48 Å². The molecular formula is C11H18F6N2O5S2. The van der Waals surface area contributed by atoms with E-state index in [1.807, 2.05) is 0 Å². The first-order valence-corrected chi connectivity index (χ1v) is 10.0. The summed E-state index contributed by atoms with van der Waals surface area (Å²) in [7, 11) is -11.4. The Balaban J connectivity index is 0.000000502. The molecule has 1 fully saturated rings. The van der Waals surface area contributed by atoms with Crippen LogP contribution in [0.4, 0.5) is 26.3 Å². The van der Waals surface area contributed by atoms with Gasteiger partial charge in [0.1, 0.15) is 0 Å². The third-order valence-electron chi connectivity index (χ3n) is 3.43. The van der Waals surface area contributed by atoms with Crippen LogP contribution in [0.1, 0.15) is 32.6 Å². The first-order chi connectivity index (χ1) is 11.4. The fraction of sp³-hybridized carbons (Fsp3) is 0.909. The average molecular weight is 436 g/mol. The third kappa shape index (κ3) is 6.66. The second-order valence-electron chi connectivity index (χ2n) is 5.61. The van der Waals surface area contributed by atoms with Gasteiger partial charge in [-0.15, -0.1) is 0 Å². The number of rotatable bonds is 5. The number of quaternary nitrogens is 1. The Morgan fingerprint density at radius 2 is 1.42 bits per heavy atom. The number of likely N-dealkylation sites (tertiary alicyclic amines) is 1. The lowest BCUT2D eigenvalue weighted by molar-refractivity contribution is -0.826. The maximum Gasteiger partial charge on any atom is 0.480 e. The van der Waals surface area contributed by atoms with Gasteiger partial charge in [-0.2, -0.15) is 26.3 Å². The molecule has 0 aromatic heterocycles. The number of carbonyl (C=O) groups excluding carboxylic acids is 1. The summed E-state index contributed by atoms with van der Waals surface area (Å²) in [4.78, 5) is 11.4. The zero-order valence-corrected chi connectivity index (χ0v) is 15.4. The van der Waals surface area contributed by atoms with E-state index in [1.165, 1.54) is 12.8 Å². The van der Waals surface area contributed by atoms with Crippen molar-refractivity contribution < 1.29 is 52.5 Å². The van der Waals surface area contributed by atoms with Crippen LogP contribution in [0.25, 0.3) is 4.13 Å². The van der Waals surface area contributed by atoms with Gasteiger partial charge >= 0.3 is 16.9 Å². The minimum Gasteiger partial charge on any atom is -0.421 e. The second-order valence-corrected chi connectivity index (χ2v) is 9.03. The smallest absolute Gasteiger partial charge is 0.421 e. The lowest BCUT2D eigenvalue weighted by Crippen LogP contribution is -2.45. The summed E-state index contributed by atoms with van der Waals surface area (Å²) < 4.78 is 110. The molecule has 1 rings (SSSR count). The maximum absolute atomic E-state index is 11.4. The van der Waals surface area contributed by atoms with Gasteiger partial charge in [-0.1, -0.05) is 13.3 Å². The van der Waals surface area contributed by atoms with Crippen LogP contribution in [-0.2, 0) is 24.8 Å². The molecule has 0 aliphatic carbocycles. The van der Waals surface area contributed by atoms with E-state index in [-0.39, 0.29) is 0 Å². The molecule has 0 saturated carbocycles. The van der Waals surface area contributed by atoms with Gasteiger partial charge in [0.15, 0.2) is 20.0 Å². The molecule has 1 unspecified atom stereocenters. The Kier molecular flexibility index (Phi) is 8.09. The van der Waals surface area contributed by atoms with Gasteiger partial charge in [0, 0.05) is 6.42 Å². The van der Waals surface area contributed by atoms with Crippen LogP contribution >= 0.6 is 0 Å². The van der Waals surface area contributed by atoms with E-state index in [4.69, 9.17) is 0 Å². The molecule has 1 amide bonds. The van der Waals surface area contributed by atoms with Crippen LogP contribution in [0, 0.1) is 0 Å². The lowest BCUT2D eigenvalue weighted by atomic mass is 10.3. The normalized spacial score (nSPS) is 22.1. The third-order valence-corrected chi connectivity index (χ3v) is 6.17. The van der Waals surface area contributed by atoms with E-state index in [2.05, 4.69) is 14.0 Å². The monoisotopic (exact) mass is 436 g/mol. The molecule has 0 N–H and O–H groups in total. The summed E-state index contributed by atoms with van der Waals surface area (Å²) in [5, 5.41) is 0. The van der Waals surface area contributed by atoms with Crippen molar-refractivity contribution in [2.24, 2.45) is 0 Å². The number of nitrogens with zero attached hydrogens (tertiary/aromatic N) is 2. The van der Waals surface area contributed by atoms with Crippen molar-refractivity contribution >= 4 is 26.0 Å². The molecule has 0 bridgehead atoms. The minimum atomic E-state index is -6.72. The van der Waals surface area contributed by atoms with Crippen LogP contribution < -0.4 is 0 Å². The van der Waals surface area contributed by atoms with Crippen molar-refractivity contribution in [1.82, 2.24) is 0 Å². The summed E-state index contributed by atoms with van der Waals surface area (Å²) in [6.45, 7) is 4.29. The van der Waals surface area contributed by atoms with Crippen molar-refractivity contribution in [3.8, 4) is 0 Å². The molecule has 0 aromatic carbocycles. The first kappa shape index (κ1) is 25.1. The van der Waals surface area contributed by atoms with Crippen LogP contribution in [0.2, 0.25) is 0 Å². The molecule has 1 atom stereocenters. The number of amides is 1. The highest BCUT2D eigenvalue weighted by Crippen LogP contribution is 2.36. The predicted molar refractivity (Wildman–Crippen MR) is 78.4 cm³/mol. The van der Waals surface area contributed by atoms with E-state index in [1.54, 1.807) is 0 Å². The molecule has 7 nitrogen and oxygen atoms in total. The highest BCUT2D eigenvalue weighted by Gasteiger charge is 2.46. The molecule has 1 saturated heterocycles. The maximum atomic E-state index is 11.4. The fourth-order valence-corrected chi connectivity index (χ4v) is 3.64. The predicted octanol–water partition coefficient (Wildman–Crippen LogP) is 2.61. The Hall–Kier alpha value is -0.930. The number of unbranched alkanes of at least 4 members (excludes halogenated alkanes) is 1. The Labute approximate surface area is 147 Å². The highest BCUT2D eigenvalue weighted by molar-refractivity contribution is 8.13. The van der Waals surface area contributed by atoms with Crippen LogP contribution in [0.3, 0.4) is 0 Å². The molecule has 156 valence electrons. The van der Waals surface area contributed by atoms with Gasteiger partial charge in [-0.25, -0.2) is 21.6 Å². The van der Waals surface area contributed by atoms with Crippen molar-refractivity contribution in [2.45, 2.75) is 43.6 Å². The largest absolute Gasteiger partial charge is 0.480 e. The lowest BCUT2D eigenvalue weighted by Gasteiger charge is -2.25. The van der Waals surface area contributed by atoms with Gasteiger partial charge in [0.2, 0.25) is 0 Å². The van der Waals surface area contributed by atoms with Gasteiger partial charge in [0.05, 0.1) is 26.6 Å². The van der Waals surface area contributed by atoms with Crippen molar-refractivity contribution in [2.75, 3.05) is 20.1 Å². The minimum absolute atomic E-state index is 0.443. The van der Waals surface area contributed by atoms with Gasteiger partial charge < -0.3 is 4.13 Å². The second kappa shape index (κ2) is 8.39. The van der Waals surface area contributed by atoms with Gasteiger partial charge in [0.25, 0.3) is 0 Å². The summed E-state index contributed by atoms with van der Waals surface area (Å²) in [6, 6.07) is 0. The quantitative estimate of drug-likeness (QED) is 0.487. The zero-order valence-electron chi connectivity index (χ0n) is 13.8. The summed E-state index contributed by atoms with van der Waals surface area (Å²) in [6.07, 6.45) is 4.28. The zero-order chi connectivity index (χ0) is 21.0. The molecule has 0 aromatic rings. The topological polar surface area (TPSA) is 99.4 Å². The number of alkyl halides is 6. The standard InChI is InChI=1S/C9H18NO.C2F6NO4S2/c1-3-4-7-10(2)8-5-6-9(10)11;3-1(4,5)14(10,11)9-15(12,13)2(6,7)8/h3-8H2,1-2H3;/q+1;-1. The van der Waals surface area contributed by atoms with Crippen molar-refractivity contribution in [3.63, 3.8) is 0 Å². The number of hydrogen-bond acceptors (Lipinski definition) is 5. The number of halogens is 6. The Bertz CT molecular complexity index is 660. The van der Waals surface area contributed by atoms with E-state index < -0.39 is 31.1 Å². The SMILES string of the molecule is CCCC[N+]1(C)CCCC1=O.O=S(=O)([N-]S(=O)(=O)C(F)(F)F)C(F)(F)F. The van der Waals surface area contributed by atoms with Crippen LogP contribution in [0.15, 0.2) is 0 Å². The first-order valence-electron chi connectivity index (χ1n) is 7.14. The van der Waals surface area contributed by atoms with Gasteiger partial charge in [-0.05, 0) is 6.42 Å². The number of sulfonamides is 2. The molecule has 0 spiro atoms. The summed E-state index contributed by atoms with van der Waals surface area (Å²) in [5.74, 6) is 0.443. The molecule has 1 aliphatic rings. The van der Waals surface area contributed by atoms with E-state index in [9.17, 15) is 48.0 Å². The van der Waals surface area contributed by atoms with Crippen LogP contribution in [0.5, 0.6) is 0 Å². The van der Waals surface area contributed by atoms with E-state index in [0.29, 0.717) is 10.4 Å². The Morgan fingerprint density at radius 3 is 1.69 bits per heavy atom. The van der Waals surface area contributed by atoms with E-state index in [0.717, 1.165) is 30.1 Å². The number of hydrogen-bond donors (Lipinski definition) is 0. The average Bonchev–Trinajstić information content (AvgIpc) is 2.74. The van der Waals surface area contributed by atoms with Crippen molar-refractivity contribution in [3.05, 3.63) is 4.13 Å². The fourth-order valence-electron chi connectivity index (χ4n) is 1.93. The molecule has 1 heterocycles. The van der Waals surface area contributed by atoms with E-state index >= 15 is 0 Å². The summed E-state index contributed by atoms with van der Waals surface area (Å²) >= 11 is 0. The molecule has 1 aliphatic heterocycles. The highest BCUT2D eigenvalue weighted by atomic mass is 32.3. The Morgan fingerprint density at radius 1 is 1.00 bits per heavy atom. The molecule has 15 heteroatoms. The molecule has 26 heavy (non-hydrogen) atoms. The number of carbonyl (C=O) groups is 1. The molecular weight excluding hydrogens is 418 g/mol. The summed E-state index contributed by atoms with van der Waals surface area (Å²) in [5.41, 5.74) is -12.4. The molecule has 0 radical (unpaired) electrons. The van der Waals surface area contributed by atoms with Crippen molar-refractivity contribution in [1.29, 1.82) is 0 Å².